The molecule has 2 rings (SSSR count). The summed E-state index contributed by atoms with van der Waals surface area (Å²) in [6, 6.07) is 21.3. The van der Waals surface area contributed by atoms with Crippen molar-refractivity contribution in [1.82, 2.24) is 0 Å². The zero-order chi connectivity index (χ0) is 15.0. The van der Waals surface area contributed by atoms with Crippen LogP contribution in [-0.2, 0) is 10.3 Å². The van der Waals surface area contributed by atoms with Crippen molar-refractivity contribution in [2.45, 2.75) is 12.0 Å². The fraction of sp³-hybridized carbons (Fsp3) is 0.235. The van der Waals surface area contributed by atoms with Crippen LogP contribution in [0.3, 0.4) is 0 Å². The number of rotatable bonds is 6. The molecular formula is C17H17NO3. The second-order valence-corrected chi connectivity index (χ2v) is 4.54. The fourth-order valence-corrected chi connectivity index (χ4v) is 2.19. The summed E-state index contributed by atoms with van der Waals surface area (Å²) in [4.78, 5) is 0. The quantitative estimate of drug-likeness (QED) is 0.654. The third-order valence-electron chi connectivity index (χ3n) is 3.18. The van der Waals surface area contributed by atoms with Gasteiger partial charge in [-0.2, -0.15) is 0 Å². The Hall–Kier alpha value is -2.35. The van der Waals surface area contributed by atoms with Crippen LogP contribution in [0, 0.1) is 11.3 Å². The van der Waals surface area contributed by atoms with Gasteiger partial charge < -0.3 is 15.1 Å². The minimum atomic E-state index is -1.15. The third-order valence-corrected chi connectivity index (χ3v) is 3.18. The molecule has 4 nitrogen and oxygen atoms in total. The second kappa shape index (κ2) is 7.44. The van der Waals surface area contributed by atoms with E-state index < -0.39 is 5.60 Å². The van der Waals surface area contributed by atoms with E-state index in [1.807, 2.05) is 60.7 Å². The molecule has 0 amide bonds. The second-order valence-electron chi connectivity index (χ2n) is 4.54. The van der Waals surface area contributed by atoms with E-state index in [0.29, 0.717) is 13.0 Å². The normalized spacial score (nSPS) is 10.7. The van der Waals surface area contributed by atoms with E-state index in [2.05, 4.69) is 11.1 Å². The van der Waals surface area contributed by atoms with E-state index in [1.54, 1.807) is 0 Å². The maximum atomic E-state index is 10.9. The molecule has 2 aromatic carbocycles. The summed E-state index contributed by atoms with van der Waals surface area (Å²) in [7, 11) is 0. The van der Waals surface area contributed by atoms with Crippen LogP contribution in [0.15, 0.2) is 60.7 Å². The van der Waals surface area contributed by atoms with Crippen LogP contribution < -0.4 is 0 Å². The lowest BCUT2D eigenvalue weighted by Gasteiger charge is -2.25. The first-order valence-corrected chi connectivity index (χ1v) is 6.79. The minimum absolute atomic E-state index is 0.0220. The van der Waals surface area contributed by atoms with E-state index in [4.69, 9.17) is 9.84 Å². The first-order chi connectivity index (χ1) is 10.3. The van der Waals surface area contributed by atoms with Crippen LogP contribution in [0.2, 0.25) is 0 Å². The molecule has 2 aromatic rings. The van der Waals surface area contributed by atoms with Crippen LogP contribution >= 0.6 is 0 Å². The van der Waals surface area contributed by atoms with Crippen molar-refractivity contribution in [3.8, 4) is 6.07 Å². The highest BCUT2D eigenvalue weighted by Crippen LogP contribution is 2.33. The van der Waals surface area contributed by atoms with Gasteiger partial charge in [0.2, 0.25) is 0 Å². The van der Waals surface area contributed by atoms with Gasteiger partial charge in [0.05, 0.1) is 6.61 Å². The first kappa shape index (κ1) is 15.0. The summed E-state index contributed by atoms with van der Waals surface area (Å²) >= 11 is 0. The third kappa shape index (κ3) is 3.40. The molecule has 0 unspecified atom stereocenters. The Balaban J connectivity index is 2.51. The molecule has 0 heterocycles. The molecule has 1 N–H and O–H groups in total. The Morgan fingerprint density at radius 3 is 1.95 bits per heavy atom. The summed E-state index contributed by atoms with van der Waals surface area (Å²) in [5.41, 5.74) is 0.391. The number of aliphatic hydroxyl groups excluding tert-OH is 1. The predicted molar refractivity (Wildman–Crippen MR) is 81.9 cm³/mol. The zero-order valence-corrected chi connectivity index (χ0v) is 11.6. The molecule has 0 aliphatic carbocycles. The van der Waals surface area contributed by atoms with Crippen LogP contribution in [0.4, 0.5) is 0 Å². The van der Waals surface area contributed by atoms with Gasteiger partial charge in [-0.1, -0.05) is 60.7 Å². The van der Waals surface area contributed by atoms with Crippen molar-refractivity contribution in [1.29, 1.82) is 0 Å². The van der Waals surface area contributed by atoms with Crippen LogP contribution in [-0.4, -0.2) is 18.3 Å². The molecule has 0 saturated heterocycles. The SMILES string of the molecule is [O-][N+]#CC(OCCCO)(c1ccccc1)c1ccccc1. The van der Waals surface area contributed by atoms with Gasteiger partial charge in [-0.05, 0) is 6.42 Å². The van der Waals surface area contributed by atoms with Gasteiger partial charge in [0, 0.05) is 22.7 Å². The lowest BCUT2D eigenvalue weighted by molar-refractivity contribution is 0.0184. The van der Waals surface area contributed by atoms with E-state index >= 15 is 0 Å². The molecule has 21 heavy (non-hydrogen) atoms. The lowest BCUT2D eigenvalue weighted by Crippen LogP contribution is -2.30. The van der Waals surface area contributed by atoms with Crippen molar-refractivity contribution in [2.24, 2.45) is 0 Å². The first-order valence-electron chi connectivity index (χ1n) is 6.79. The van der Waals surface area contributed by atoms with Crippen LogP contribution in [0.1, 0.15) is 17.5 Å². The van der Waals surface area contributed by atoms with E-state index in [1.165, 1.54) is 0 Å². The van der Waals surface area contributed by atoms with Gasteiger partial charge in [-0.25, -0.2) is 0 Å². The molecule has 0 fully saturated rings. The van der Waals surface area contributed by atoms with Crippen molar-refractivity contribution in [3.63, 3.8) is 0 Å². The highest BCUT2D eigenvalue weighted by Gasteiger charge is 2.40. The Morgan fingerprint density at radius 1 is 1.00 bits per heavy atom. The van der Waals surface area contributed by atoms with Gasteiger partial charge in [0.25, 0.3) is 5.60 Å². The standard InChI is InChI=1S/C17H17NO3/c19-12-7-13-21-17(14-18-20,15-8-3-1-4-9-15)16-10-5-2-6-11-16/h1-6,8-11,19H,7,12-13H2. The fourth-order valence-electron chi connectivity index (χ4n) is 2.19. The Bertz CT molecular complexity index is 563. The molecule has 0 aromatic heterocycles. The Morgan fingerprint density at radius 2 is 1.52 bits per heavy atom. The smallest absolute Gasteiger partial charge is 0.344 e. The average molecular weight is 283 g/mol. The van der Waals surface area contributed by atoms with Gasteiger partial charge in [-0.3, -0.25) is 0 Å². The van der Waals surface area contributed by atoms with Gasteiger partial charge in [-0.15, -0.1) is 0 Å². The summed E-state index contributed by atoms with van der Waals surface area (Å²) < 4.78 is 5.92. The molecule has 0 atom stereocenters. The number of aliphatic hydroxyl groups is 1. The van der Waals surface area contributed by atoms with Crippen LogP contribution in [0.25, 0.3) is 5.01 Å². The molecule has 0 aliphatic rings. The van der Waals surface area contributed by atoms with Crippen molar-refractivity contribution >= 4 is 0 Å². The number of hydrogen-bond acceptors (Lipinski definition) is 3. The summed E-state index contributed by atoms with van der Waals surface area (Å²) in [6.07, 6.45) is 0.474. The maximum Gasteiger partial charge on any atom is 0.344 e. The number of ether oxygens (including phenoxy) is 1. The highest BCUT2D eigenvalue weighted by molar-refractivity contribution is 5.43. The summed E-state index contributed by atoms with van der Waals surface area (Å²) in [5, 5.41) is 22.7. The largest absolute Gasteiger partial charge is 0.498 e. The molecule has 0 aliphatic heterocycles. The summed E-state index contributed by atoms with van der Waals surface area (Å²) in [5.74, 6) is 0. The Kier molecular flexibility index (Phi) is 5.33. The topological polar surface area (TPSA) is 56.9 Å². The predicted octanol–water partition coefficient (Wildman–Crippen LogP) is 3.16. The monoisotopic (exact) mass is 283 g/mol. The highest BCUT2D eigenvalue weighted by atomic mass is 16.5. The molecule has 0 radical (unpaired) electrons. The Labute approximate surface area is 124 Å². The van der Waals surface area contributed by atoms with Crippen LogP contribution in [0.5, 0.6) is 0 Å². The van der Waals surface area contributed by atoms with Crippen molar-refractivity contribution in [3.05, 3.63) is 82.0 Å². The van der Waals surface area contributed by atoms with E-state index in [-0.39, 0.29) is 6.61 Å². The minimum Gasteiger partial charge on any atom is -0.498 e. The summed E-state index contributed by atoms with van der Waals surface area (Å²) in [6.45, 7) is 0.316. The van der Waals surface area contributed by atoms with Gasteiger partial charge in [0.15, 0.2) is 0 Å². The molecule has 0 spiro atoms. The number of hydrogen-bond donors (Lipinski definition) is 1. The van der Waals surface area contributed by atoms with Gasteiger partial charge >= 0.3 is 6.07 Å². The van der Waals surface area contributed by atoms with Gasteiger partial charge in [0.1, 0.15) is 0 Å². The molecule has 0 bridgehead atoms. The lowest BCUT2D eigenvalue weighted by atomic mass is 9.87. The van der Waals surface area contributed by atoms with Crippen molar-refractivity contribution < 1.29 is 9.84 Å². The molecule has 0 saturated carbocycles. The van der Waals surface area contributed by atoms with E-state index in [9.17, 15) is 5.21 Å². The molecular weight excluding hydrogens is 266 g/mol. The van der Waals surface area contributed by atoms with E-state index in [0.717, 1.165) is 11.1 Å². The number of benzene rings is 2. The molecule has 4 heteroatoms. The average Bonchev–Trinajstić information content (AvgIpc) is 2.56. The number of nitrogens with zero attached hydrogens (tertiary/aromatic N) is 1. The molecule has 108 valence electrons. The maximum absolute atomic E-state index is 10.9. The van der Waals surface area contributed by atoms with Crippen molar-refractivity contribution in [2.75, 3.05) is 13.2 Å². The zero-order valence-electron chi connectivity index (χ0n) is 11.6.